The van der Waals surface area contributed by atoms with E-state index in [1.807, 2.05) is 18.3 Å². The maximum absolute atomic E-state index is 13.9. The van der Waals surface area contributed by atoms with Crippen LogP contribution in [0.3, 0.4) is 0 Å². The van der Waals surface area contributed by atoms with Gasteiger partial charge in [0.15, 0.2) is 0 Å². The highest BCUT2D eigenvalue weighted by Gasteiger charge is 2.20. The number of hydrogen-bond acceptors (Lipinski definition) is 6. The number of alkyl halides is 1. The van der Waals surface area contributed by atoms with E-state index in [2.05, 4.69) is 36.8 Å². The quantitative estimate of drug-likeness (QED) is 0.423. The maximum atomic E-state index is 13.9. The van der Waals surface area contributed by atoms with Crippen LogP contribution in [0.1, 0.15) is 53.9 Å². The predicted octanol–water partition coefficient (Wildman–Crippen LogP) is 4.70. The average Bonchev–Trinajstić information content (AvgIpc) is 3.15. The molecule has 2 N–H and O–H groups in total. The SMILES string of the molecule is CC(C)(F)CNc1ncc2c(n1)CCCC=C2c1ccn2ncc(C(=O)Nc3cccnc3)c2c1. The largest absolute Gasteiger partial charge is 0.351 e. The van der Waals surface area contributed by atoms with Gasteiger partial charge >= 0.3 is 0 Å². The fraction of sp³-hybridized carbons (Fsp3) is 0.269. The van der Waals surface area contributed by atoms with Crippen molar-refractivity contribution < 1.29 is 9.18 Å². The van der Waals surface area contributed by atoms with E-state index >= 15 is 0 Å². The van der Waals surface area contributed by atoms with E-state index in [0.29, 0.717) is 22.7 Å². The van der Waals surface area contributed by atoms with Gasteiger partial charge < -0.3 is 10.6 Å². The number of halogens is 1. The van der Waals surface area contributed by atoms with Crippen molar-refractivity contribution in [1.29, 1.82) is 0 Å². The van der Waals surface area contributed by atoms with Crippen molar-refractivity contribution in [2.24, 2.45) is 0 Å². The predicted molar refractivity (Wildman–Crippen MR) is 133 cm³/mol. The standard InChI is InChI=1S/C26H26FN7O/c1-26(2,27)16-30-25-29-14-20-19(7-3-4-8-22(20)33-25)17-9-11-34-23(12-17)21(15-31-34)24(35)32-18-6-5-10-28-13-18/h5-7,9-15H,3-4,8,16H2,1-2H3,(H,32,35)(H,29,30,33). The molecule has 5 rings (SSSR count). The molecule has 4 aromatic heterocycles. The number of aromatic nitrogens is 5. The molecule has 9 heteroatoms. The fourth-order valence-corrected chi connectivity index (χ4v) is 4.06. The Morgan fingerprint density at radius 2 is 2.11 bits per heavy atom. The van der Waals surface area contributed by atoms with E-state index in [9.17, 15) is 9.18 Å². The second-order valence-corrected chi connectivity index (χ2v) is 9.14. The second kappa shape index (κ2) is 9.25. The summed E-state index contributed by atoms with van der Waals surface area (Å²) in [5.41, 5.74) is 4.25. The van der Waals surface area contributed by atoms with E-state index in [0.717, 1.165) is 41.7 Å². The van der Waals surface area contributed by atoms with Crippen LogP contribution < -0.4 is 10.6 Å². The Hall–Kier alpha value is -4.14. The first-order valence-electron chi connectivity index (χ1n) is 11.6. The Kier molecular flexibility index (Phi) is 5.98. The van der Waals surface area contributed by atoms with Gasteiger partial charge in [-0.25, -0.2) is 18.9 Å². The molecule has 0 radical (unpaired) electrons. The number of aryl methyl sites for hydroxylation is 1. The van der Waals surface area contributed by atoms with E-state index in [1.54, 1.807) is 41.4 Å². The summed E-state index contributed by atoms with van der Waals surface area (Å²) in [4.78, 5) is 26.1. The van der Waals surface area contributed by atoms with Crippen molar-refractivity contribution >= 4 is 28.6 Å². The van der Waals surface area contributed by atoms with E-state index < -0.39 is 5.67 Å². The zero-order valence-corrected chi connectivity index (χ0v) is 19.6. The molecule has 8 nitrogen and oxygen atoms in total. The number of carbonyl (C=O) groups is 1. The van der Waals surface area contributed by atoms with Crippen LogP contribution >= 0.6 is 0 Å². The van der Waals surface area contributed by atoms with Crippen molar-refractivity contribution in [2.75, 3.05) is 17.2 Å². The molecule has 1 aliphatic rings. The molecule has 0 saturated heterocycles. The number of carbonyl (C=O) groups excluding carboxylic acids is 1. The van der Waals surface area contributed by atoms with Crippen LogP contribution in [0, 0.1) is 0 Å². The number of nitrogens with zero attached hydrogens (tertiary/aromatic N) is 5. The first-order chi connectivity index (χ1) is 16.9. The highest BCUT2D eigenvalue weighted by atomic mass is 19.1. The lowest BCUT2D eigenvalue weighted by atomic mass is 9.98. The molecule has 0 fully saturated rings. The van der Waals surface area contributed by atoms with Gasteiger partial charge in [0.25, 0.3) is 5.91 Å². The molecule has 0 aliphatic heterocycles. The Morgan fingerprint density at radius 1 is 1.23 bits per heavy atom. The first kappa shape index (κ1) is 22.6. The lowest BCUT2D eigenvalue weighted by Gasteiger charge is -2.16. The first-order valence-corrected chi connectivity index (χ1v) is 11.6. The molecular formula is C26H26FN7O. The number of hydrogen-bond donors (Lipinski definition) is 2. The number of pyridine rings is 2. The highest BCUT2D eigenvalue weighted by molar-refractivity contribution is 6.09. The van der Waals surface area contributed by atoms with Gasteiger partial charge in [-0.2, -0.15) is 5.10 Å². The van der Waals surface area contributed by atoms with Crippen molar-refractivity contribution in [2.45, 2.75) is 38.8 Å². The van der Waals surface area contributed by atoms with Gasteiger partial charge in [-0.1, -0.05) is 6.08 Å². The molecule has 35 heavy (non-hydrogen) atoms. The highest BCUT2D eigenvalue weighted by Crippen LogP contribution is 2.31. The molecule has 0 aromatic carbocycles. The molecule has 4 aromatic rings. The zero-order valence-electron chi connectivity index (χ0n) is 19.6. The summed E-state index contributed by atoms with van der Waals surface area (Å²) in [5, 5.41) is 10.2. The van der Waals surface area contributed by atoms with Crippen molar-refractivity contribution in [1.82, 2.24) is 24.6 Å². The summed E-state index contributed by atoms with van der Waals surface area (Å²) in [6.45, 7) is 3.17. The summed E-state index contributed by atoms with van der Waals surface area (Å²) in [5.74, 6) is 0.173. The van der Waals surface area contributed by atoms with Gasteiger partial charge in [-0.15, -0.1) is 0 Å². The van der Waals surface area contributed by atoms with Crippen molar-refractivity contribution in [3.05, 3.63) is 83.7 Å². The zero-order chi connectivity index (χ0) is 24.4. The van der Waals surface area contributed by atoms with Gasteiger partial charge in [-0.3, -0.25) is 9.78 Å². The number of amides is 1. The third-order valence-electron chi connectivity index (χ3n) is 5.79. The fourth-order valence-electron chi connectivity index (χ4n) is 4.06. The summed E-state index contributed by atoms with van der Waals surface area (Å²) in [6, 6.07) is 7.49. The Labute approximate surface area is 202 Å². The maximum Gasteiger partial charge on any atom is 0.259 e. The summed E-state index contributed by atoms with van der Waals surface area (Å²) >= 11 is 0. The van der Waals surface area contributed by atoms with E-state index in [-0.39, 0.29) is 12.5 Å². The third kappa shape index (κ3) is 5.03. The van der Waals surface area contributed by atoms with Crippen LogP contribution in [-0.4, -0.2) is 42.7 Å². The molecule has 0 spiro atoms. The topological polar surface area (TPSA) is 97.1 Å². The van der Waals surface area contributed by atoms with Crippen LogP contribution in [0.2, 0.25) is 0 Å². The van der Waals surface area contributed by atoms with Gasteiger partial charge in [0.2, 0.25) is 5.95 Å². The number of fused-ring (bicyclic) bond motifs is 2. The third-order valence-corrected chi connectivity index (χ3v) is 5.79. The number of rotatable bonds is 6. The normalized spacial score (nSPS) is 13.6. The Bertz CT molecular complexity index is 1410. The van der Waals surface area contributed by atoms with Crippen LogP contribution in [0.4, 0.5) is 16.0 Å². The average molecular weight is 472 g/mol. The van der Waals surface area contributed by atoms with Gasteiger partial charge in [0.1, 0.15) is 5.67 Å². The molecule has 0 atom stereocenters. The van der Waals surface area contributed by atoms with Crippen LogP contribution in [0.25, 0.3) is 11.1 Å². The molecule has 178 valence electrons. The second-order valence-electron chi connectivity index (χ2n) is 9.14. The van der Waals surface area contributed by atoms with Gasteiger partial charge in [0.05, 0.1) is 41.4 Å². The molecule has 1 aliphatic carbocycles. The van der Waals surface area contributed by atoms with Crippen molar-refractivity contribution in [3.8, 4) is 0 Å². The number of nitrogens with one attached hydrogen (secondary N) is 2. The molecule has 0 saturated carbocycles. The Morgan fingerprint density at radius 3 is 2.91 bits per heavy atom. The summed E-state index contributed by atoms with van der Waals surface area (Å²) in [6.07, 6.45) is 13.3. The monoisotopic (exact) mass is 471 g/mol. The lowest BCUT2D eigenvalue weighted by molar-refractivity contribution is 0.102. The van der Waals surface area contributed by atoms with Crippen LogP contribution in [-0.2, 0) is 6.42 Å². The Balaban J connectivity index is 1.47. The summed E-state index contributed by atoms with van der Waals surface area (Å²) < 4.78 is 15.6. The summed E-state index contributed by atoms with van der Waals surface area (Å²) in [7, 11) is 0. The molecule has 1 amide bonds. The number of allylic oxidation sites excluding steroid dienone is 1. The van der Waals surface area contributed by atoms with E-state index in [4.69, 9.17) is 0 Å². The molecule has 0 bridgehead atoms. The van der Waals surface area contributed by atoms with Gasteiger partial charge in [0, 0.05) is 24.2 Å². The minimum atomic E-state index is -1.36. The van der Waals surface area contributed by atoms with Crippen molar-refractivity contribution in [3.63, 3.8) is 0 Å². The lowest BCUT2D eigenvalue weighted by Crippen LogP contribution is -2.25. The van der Waals surface area contributed by atoms with Gasteiger partial charge in [-0.05, 0) is 68.5 Å². The minimum absolute atomic E-state index is 0.135. The van der Waals surface area contributed by atoms with E-state index in [1.165, 1.54) is 13.8 Å². The molecular weight excluding hydrogens is 445 g/mol. The van der Waals surface area contributed by atoms with Crippen LogP contribution in [0.15, 0.2) is 61.3 Å². The molecule has 0 unspecified atom stereocenters. The number of anilines is 2. The smallest absolute Gasteiger partial charge is 0.259 e. The molecule has 4 heterocycles. The van der Waals surface area contributed by atoms with Crippen LogP contribution in [0.5, 0.6) is 0 Å². The minimum Gasteiger partial charge on any atom is -0.351 e.